The summed E-state index contributed by atoms with van der Waals surface area (Å²) in [6.45, 7) is 9.01. The Balaban J connectivity index is 1.53. The summed E-state index contributed by atoms with van der Waals surface area (Å²) in [6, 6.07) is 0.750. The molecular formula is C19H36N2. The predicted octanol–water partition coefficient (Wildman–Crippen LogP) is 4.06. The summed E-state index contributed by atoms with van der Waals surface area (Å²) in [7, 11) is 2.17. The van der Waals surface area contributed by atoms with Gasteiger partial charge in [-0.25, -0.2) is 0 Å². The Bertz CT molecular complexity index is 333. The molecule has 122 valence electrons. The summed E-state index contributed by atoms with van der Waals surface area (Å²) in [5.41, 5.74) is 1.32. The first-order chi connectivity index (χ1) is 10.0. The van der Waals surface area contributed by atoms with Crippen LogP contribution in [0.4, 0.5) is 0 Å². The molecule has 3 aliphatic rings. The summed E-state index contributed by atoms with van der Waals surface area (Å²) >= 11 is 0. The van der Waals surface area contributed by atoms with Crippen molar-refractivity contribution in [3.05, 3.63) is 0 Å². The molecule has 1 spiro atoms. The van der Waals surface area contributed by atoms with Gasteiger partial charge in [0.2, 0.25) is 0 Å². The topological polar surface area (TPSA) is 15.3 Å². The number of nitrogens with one attached hydrogen (secondary N) is 1. The molecule has 0 aromatic carbocycles. The van der Waals surface area contributed by atoms with Crippen LogP contribution >= 0.6 is 0 Å². The minimum Gasteiger partial charge on any atom is -0.317 e. The number of hydrogen-bond acceptors (Lipinski definition) is 2. The Morgan fingerprint density at radius 1 is 1.00 bits per heavy atom. The van der Waals surface area contributed by atoms with Crippen LogP contribution in [-0.2, 0) is 0 Å². The van der Waals surface area contributed by atoms with E-state index in [1.807, 2.05) is 0 Å². The van der Waals surface area contributed by atoms with E-state index in [0.29, 0.717) is 5.41 Å². The maximum absolute atomic E-state index is 3.60. The fourth-order valence-corrected chi connectivity index (χ4v) is 5.47. The average molecular weight is 293 g/mol. The lowest BCUT2D eigenvalue weighted by atomic mass is 9.69. The molecule has 3 rings (SSSR count). The van der Waals surface area contributed by atoms with Gasteiger partial charge in [-0.3, -0.25) is 0 Å². The molecule has 1 heterocycles. The van der Waals surface area contributed by atoms with E-state index < -0.39 is 0 Å². The van der Waals surface area contributed by atoms with Gasteiger partial charge >= 0.3 is 0 Å². The standard InChI is InChI=1S/C19H36N2/c1-18(2)9-6-17(20-3)16(14-18)15-21-12-10-19(11-13-21)7-4-5-8-19/h16-17,20H,4-15H2,1-3H3. The summed E-state index contributed by atoms with van der Waals surface area (Å²) < 4.78 is 0. The molecule has 0 radical (unpaired) electrons. The van der Waals surface area contributed by atoms with Crippen LogP contribution in [0, 0.1) is 16.7 Å². The molecule has 21 heavy (non-hydrogen) atoms. The van der Waals surface area contributed by atoms with Crippen molar-refractivity contribution in [1.82, 2.24) is 10.2 Å². The second kappa shape index (κ2) is 6.20. The van der Waals surface area contributed by atoms with Gasteiger partial charge in [-0.15, -0.1) is 0 Å². The minimum atomic E-state index is 0.556. The highest BCUT2D eigenvalue weighted by Gasteiger charge is 2.39. The van der Waals surface area contributed by atoms with Crippen molar-refractivity contribution in [3.63, 3.8) is 0 Å². The van der Waals surface area contributed by atoms with Crippen LogP contribution in [0.3, 0.4) is 0 Å². The van der Waals surface area contributed by atoms with Crippen molar-refractivity contribution in [2.45, 2.75) is 77.7 Å². The molecule has 0 bridgehead atoms. The third kappa shape index (κ3) is 3.64. The number of nitrogens with zero attached hydrogens (tertiary/aromatic N) is 1. The van der Waals surface area contributed by atoms with Crippen molar-refractivity contribution in [2.24, 2.45) is 16.7 Å². The lowest BCUT2D eigenvalue weighted by molar-refractivity contribution is 0.0605. The first-order valence-corrected chi connectivity index (χ1v) is 9.42. The Morgan fingerprint density at radius 2 is 1.67 bits per heavy atom. The quantitative estimate of drug-likeness (QED) is 0.844. The molecule has 0 amide bonds. The van der Waals surface area contributed by atoms with E-state index in [-0.39, 0.29) is 0 Å². The second-order valence-electron chi connectivity index (χ2n) is 9.07. The molecule has 2 aliphatic carbocycles. The van der Waals surface area contributed by atoms with Crippen LogP contribution in [0.2, 0.25) is 0 Å². The van der Waals surface area contributed by atoms with E-state index in [1.54, 1.807) is 0 Å². The largest absolute Gasteiger partial charge is 0.317 e. The third-order valence-corrected chi connectivity index (χ3v) is 6.96. The van der Waals surface area contributed by atoms with Gasteiger partial charge in [-0.2, -0.15) is 0 Å². The maximum atomic E-state index is 3.60. The van der Waals surface area contributed by atoms with Gasteiger partial charge in [0.05, 0.1) is 0 Å². The molecule has 2 atom stereocenters. The predicted molar refractivity (Wildman–Crippen MR) is 90.5 cm³/mol. The van der Waals surface area contributed by atoms with E-state index in [0.717, 1.165) is 17.4 Å². The fourth-order valence-electron chi connectivity index (χ4n) is 5.47. The number of likely N-dealkylation sites (tertiary alicyclic amines) is 1. The molecule has 2 saturated carbocycles. The first-order valence-electron chi connectivity index (χ1n) is 9.42. The Kier molecular flexibility index (Phi) is 4.66. The number of hydrogen-bond donors (Lipinski definition) is 1. The molecule has 0 aromatic rings. The van der Waals surface area contributed by atoms with Crippen LogP contribution in [-0.4, -0.2) is 37.6 Å². The molecule has 1 N–H and O–H groups in total. The zero-order valence-electron chi connectivity index (χ0n) is 14.6. The van der Waals surface area contributed by atoms with E-state index in [4.69, 9.17) is 0 Å². The molecule has 1 aliphatic heterocycles. The van der Waals surface area contributed by atoms with Crippen molar-refractivity contribution in [3.8, 4) is 0 Å². The van der Waals surface area contributed by atoms with Gasteiger partial charge in [0, 0.05) is 12.6 Å². The Labute approximate surface area is 132 Å². The van der Waals surface area contributed by atoms with Crippen LogP contribution in [0.15, 0.2) is 0 Å². The van der Waals surface area contributed by atoms with Crippen molar-refractivity contribution in [2.75, 3.05) is 26.7 Å². The van der Waals surface area contributed by atoms with E-state index in [9.17, 15) is 0 Å². The maximum Gasteiger partial charge on any atom is 0.0105 e. The van der Waals surface area contributed by atoms with E-state index >= 15 is 0 Å². The lowest BCUT2D eigenvalue weighted by Crippen LogP contribution is -2.48. The van der Waals surface area contributed by atoms with Crippen molar-refractivity contribution in [1.29, 1.82) is 0 Å². The second-order valence-corrected chi connectivity index (χ2v) is 9.07. The van der Waals surface area contributed by atoms with Gasteiger partial charge in [-0.1, -0.05) is 26.7 Å². The fraction of sp³-hybridized carbons (Fsp3) is 1.00. The molecule has 0 aromatic heterocycles. The third-order valence-electron chi connectivity index (χ3n) is 6.96. The first kappa shape index (κ1) is 15.8. The van der Waals surface area contributed by atoms with E-state index in [2.05, 4.69) is 31.1 Å². The molecule has 3 fully saturated rings. The molecule has 2 unspecified atom stereocenters. The van der Waals surface area contributed by atoms with Crippen molar-refractivity contribution < 1.29 is 0 Å². The molecular weight excluding hydrogens is 256 g/mol. The average Bonchev–Trinajstić information content (AvgIpc) is 2.90. The molecule has 1 saturated heterocycles. The van der Waals surface area contributed by atoms with Gasteiger partial charge in [0.25, 0.3) is 0 Å². The Hall–Kier alpha value is -0.0800. The highest BCUT2D eigenvalue weighted by atomic mass is 15.1. The van der Waals surface area contributed by atoms with Gasteiger partial charge in [0.15, 0.2) is 0 Å². The summed E-state index contributed by atoms with van der Waals surface area (Å²) in [4.78, 5) is 2.79. The highest BCUT2D eigenvalue weighted by Crippen LogP contribution is 2.46. The molecule has 2 heteroatoms. The zero-order chi connectivity index (χ0) is 14.9. The van der Waals surface area contributed by atoms with Crippen LogP contribution in [0.1, 0.15) is 71.6 Å². The highest BCUT2D eigenvalue weighted by molar-refractivity contribution is 4.93. The smallest absolute Gasteiger partial charge is 0.0105 e. The van der Waals surface area contributed by atoms with Crippen LogP contribution in [0.5, 0.6) is 0 Å². The number of rotatable bonds is 3. The van der Waals surface area contributed by atoms with Gasteiger partial charge < -0.3 is 10.2 Å². The van der Waals surface area contributed by atoms with Crippen molar-refractivity contribution >= 4 is 0 Å². The van der Waals surface area contributed by atoms with Crippen LogP contribution < -0.4 is 5.32 Å². The lowest BCUT2D eigenvalue weighted by Gasteiger charge is -2.45. The zero-order valence-corrected chi connectivity index (χ0v) is 14.6. The Morgan fingerprint density at radius 3 is 2.29 bits per heavy atom. The summed E-state index contributed by atoms with van der Waals surface area (Å²) in [5.74, 6) is 0.858. The van der Waals surface area contributed by atoms with E-state index in [1.165, 1.54) is 77.4 Å². The van der Waals surface area contributed by atoms with Gasteiger partial charge in [0.1, 0.15) is 0 Å². The van der Waals surface area contributed by atoms with Crippen LogP contribution in [0.25, 0.3) is 0 Å². The number of piperidine rings is 1. The SMILES string of the molecule is CNC1CCC(C)(C)CC1CN1CCC2(CCCC2)CC1. The summed E-state index contributed by atoms with van der Waals surface area (Å²) in [6.07, 6.45) is 13.2. The monoisotopic (exact) mass is 292 g/mol. The minimum absolute atomic E-state index is 0.556. The normalized spacial score (nSPS) is 36.1. The van der Waals surface area contributed by atoms with Gasteiger partial charge in [-0.05, 0) is 81.8 Å². The summed E-state index contributed by atoms with van der Waals surface area (Å²) in [5, 5.41) is 3.60. The molecule has 2 nitrogen and oxygen atoms in total.